The molecule has 7 nitrogen and oxygen atoms in total. The molecule has 0 saturated carbocycles. The molecule has 2 aliphatic heterocycles. The molecule has 0 bridgehead atoms. The van der Waals surface area contributed by atoms with Crippen molar-refractivity contribution < 1.29 is 18.7 Å². The minimum absolute atomic E-state index is 0.119. The molecule has 0 radical (unpaired) electrons. The van der Waals surface area contributed by atoms with Crippen molar-refractivity contribution in [2.45, 2.75) is 24.3 Å². The van der Waals surface area contributed by atoms with Crippen LogP contribution < -0.4 is 10.1 Å². The second-order valence-electron chi connectivity index (χ2n) is 6.94. The van der Waals surface area contributed by atoms with Gasteiger partial charge in [0.1, 0.15) is 11.5 Å². The number of carbonyl (C=O) groups excluding carboxylic acids is 2. The van der Waals surface area contributed by atoms with Gasteiger partial charge in [-0.25, -0.2) is 4.79 Å². The first-order chi connectivity index (χ1) is 13.6. The van der Waals surface area contributed by atoms with Crippen molar-refractivity contribution in [2.75, 3.05) is 31.3 Å². The molecular formula is C20H23N3O4S. The number of hydrogen-bond acceptors (Lipinski definition) is 5. The number of thioether (sulfide) groups is 1. The minimum Gasteiger partial charge on any atom is -0.497 e. The molecule has 0 aliphatic carbocycles. The molecule has 4 rings (SSSR count). The van der Waals surface area contributed by atoms with Crippen LogP contribution in [0.5, 0.6) is 5.75 Å². The highest BCUT2D eigenvalue weighted by Gasteiger charge is 2.48. The SMILES string of the molecule is COc1ccc(NC(=O)N2CCC3(CC2)SCC(=O)N3Cc2ccco2)cc1. The Balaban J connectivity index is 1.37. The number of ether oxygens (including phenoxy) is 1. The molecule has 1 N–H and O–H groups in total. The van der Waals surface area contributed by atoms with Crippen molar-refractivity contribution in [3.8, 4) is 5.75 Å². The van der Waals surface area contributed by atoms with E-state index in [2.05, 4.69) is 5.32 Å². The van der Waals surface area contributed by atoms with Crippen LogP contribution in [0.2, 0.25) is 0 Å². The third-order valence-electron chi connectivity index (χ3n) is 5.32. The van der Waals surface area contributed by atoms with Crippen molar-refractivity contribution >= 4 is 29.4 Å². The molecule has 2 aromatic rings. The van der Waals surface area contributed by atoms with E-state index in [4.69, 9.17) is 9.15 Å². The molecule has 1 spiro atoms. The van der Waals surface area contributed by atoms with E-state index in [0.29, 0.717) is 25.4 Å². The third-order valence-corrected chi connectivity index (χ3v) is 6.88. The second kappa shape index (κ2) is 7.79. The summed E-state index contributed by atoms with van der Waals surface area (Å²) >= 11 is 1.69. The summed E-state index contributed by atoms with van der Waals surface area (Å²) in [5.41, 5.74) is 0.732. The van der Waals surface area contributed by atoms with Crippen LogP contribution in [0.1, 0.15) is 18.6 Å². The van der Waals surface area contributed by atoms with Crippen LogP contribution in [0.4, 0.5) is 10.5 Å². The largest absolute Gasteiger partial charge is 0.497 e. The number of nitrogens with zero attached hydrogens (tertiary/aromatic N) is 2. The van der Waals surface area contributed by atoms with Crippen molar-refractivity contribution in [2.24, 2.45) is 0 Å². The van der Waals surface area contributed by atoms with Gasteiger partial charge in [0.2, 0.25) is 5.91 Å². The quantitative estimate of drug-likeness (QED) is 0.850. The summed E-state index contributed by atoms with van der Waals surface area (Å²) in [6, 6.07) is 10.9. The number of carbonyl (C=O) groups is 2. The highest BCUT2D eigenvalue weighted by molar-refractivity contribution is 8.01. The average molecular weight is 401 g/mol. The Labute approximate surface area is 168 Å². The Morgan fingerprint density at radius 2 is 2.00 bits per heavy atom. The second-order valence-corrected chi connectivity index (χ2v) is 8.28. The molecule has 1 aromatic carbocycles. The number of furan rings is 1. The van der Waals surface area contributed by atoms with Gasteiger partial charge in [-0.3, -0.25) is 4.79 Å². The minimum atomic E-state index is -0.249. The van der Waals surface area contributed by atoms with E-state index in [-0.39, 0.29) is 16.8 Å². The Bertz CT molecular complexity index is 830. The monoisotopic (exact) mass is 401 g/mol. The maximum Gasteiger partial charge on any atom is 0.321 e. The van der Waals surface area contributed by atoms with Crippen molar-refractivity contribution in [1.82, 2.24) is 9.80 Å². The lowest BCUT2D eigenvalue weighted by Gasteiger charge is -2.43. The van der Waals surface area contributed by atoms with E-state index >= 15 is 0 Å². The normalized spacial score (nSPS) is 18.5. The molecule has 3 heterocycles. The van der Waals surface area contributed by atoms with E-state index < -0.39 is 0 Å². The van der Waals surface area contributed by atoms with Crippen LogP contribution >= 0.6 is 11.8 Å². The molecule has 2 saturated heterocycles. The van der Waals surface area contributed by atoms with E-state index in [1.54, 1.807) is 25.1 Å². The maximum atomic E-state index is 12.6. The first kappa shape index (κ1) is 18.7. The lowest BCUT2D eigenvalue weighted by atomic mass is 10.0. The number of anilines is 1. The van der Waals surface area contributed by atoms with Crippen molar-refractivity contribution in [3.05, 3.63) is 48.4 Å². The van der Waals surface area contributed by atoms with Crippen LogP contribution in [-0.2, 0) is 11.3 Å². The fraction of sp³-hybridized carbons (Fsp3) is 0.400. The predicted octanol–water partition coefficient (Wildman–Crippen LogP) is 3.39. The Morgan fingerprint density at radius 3 is 2.64 bits per heavy atom. The highest BCUT2D eigenvalue weighted by atomic mass is 32.2. The molecule has 3 amide bonds. The van der Waals surface area contributed by atoms with Gasteiger partial charge in [0.05, 0.1) is 30.5 Å². The molecule has 1 aromatic heterocycles. The fourth-order valence-corrected chi connectivity index (χ4v) is 5.06. The summed E-state index contributed by atoms with van der Waals surface area (Å²) in [4.78, 5) is 28.5. The number of hydrogen-bond donors (Lipinski definition) is 1. The van der Waals surface area contributed by atoms with Crippen molar-refractivity contribution in [1.29, 1.82) is 0 Å². The predicted molar refractivity (Wildman–Crippen MR) is 107 cm³/mol. The Kier molecular flexibility index (Phi) is 5.21. The maximum absolute atomic E-state index is 12.6. The van der Waals surface area contributed by atoms with Crippen LogP contribution in [0.25, 0.3) is 0 Å². The van der Waals surface area contributed by atoms with Crippen molar-refractivity contribution in [3.63, 3.8) is 0 Å². The van der Waals surface area contributed by atoms with Gasteiger partial charge in [-0.15, -0.1) is 11.8 Å². The standard InChI is InChI=1S/C20H23N3O4S/c1-26-16-6-4-15(5-7-16)21-19(25)22-10-8-20(9-11-22)23(18(24)14-28-20)13-17-3-2-12-27-17/h2-7,12H,8-11,13-14H2,1H3,(H,21,25). The molecule has 8 heteroatoms. The smallest absolute Gasteiger partial charge is 0.321 e. The number of amides is 3. The summed E-state index contributed by atoms with van der Waals surface area (Å²) in [7, 11) is 1.61. The van der Waals surface area contributed by atoms with Crippen LogP contribution in [0.3, 0.4) is 0 Å². The topological polar surface area (TPSA) is 75.0 Å². The van der Waals surface area contributed by atoms with E-state index in [0.717, 1.165) is 30.0 Å². The first-order valence-corrected chi connectivity index (χ1v) is 10.2. The van der Waals surface area contributed by atoms with Gasteiger partial charge in [0.25, 0.3) is 0 Å². The number of likely N-dealkylation sites (tertiary alicyclic amines) is 1. The van der Waals surface area contributed by atoms with E-state index in [1.807, 2.05) is 46.2 Å². The van der Waals surface area contributed by atoms with Gasteiger partial charge < -0.3 is 24.3 Å². The van der Waals surface area contributed by atoms with Gasteiger partial charge in [0.15, 0.2) is 0 Å². The number of nitrogens with one attached hydrogen (secondary N) is 1. The number of piperidine rings is 1. The summed E-state index contributed by atoms with van der Waals surface area (Å²) in [6.45, 7) is 1.70. The lowest BCUT2D eigenvalue weighted by Crippen LogP contribution is -2.53. The third kappa shape index (κ3) is 3.69. The van der Waals surface area contributed by atoms with Gasteiger partial charge in [-0.2, -0.15) is 0 Å². The Morgan fingerprint density at radius 1 is 1.25 bits per heavy atom. The van der Waals surface area contributed by atoms with Crippen LogP contribution in [-0.4, -0.2) is 52.6 Å². The van der Waals surface area contributed by atoms with E-state index in [1.165, 1.54) is 0 Å². The van der Waals surface area contributed by atoms with Gasteiger partial charge in [-0.05, 0) is 49.2 Å². The van der Waals surface area contributed by atoms with Gasteiger partial charge in [0, 0.05) is 18.8 Å². The highest BCUT2D eigenvalue weighted by Crippen LogP contribution is 2.45. The van der Waals surface area contributed by atoms with E-state index in [9.17, 15) is 9.59 Å². The zero-order chi connectivity index (χ0) is 19.6. The van der Waals surface area contributed by atoms with Crippen LogP contribution in [0, 0.1) is 0 Å². The van der Waals surface area contributed by atoms with Gasteiger partial charge >= 0.3 is 6.03 Å². The summed E-state index contributed by atoms with van der Waals surface area (Å²) in [5, 5.41) is 2.93. The van der Waals surface area contributed by atoms with Gasteiger partial charge in [-0.1, -0.05) is 0 Å². The first-order valence-electron chi connectivity index (χ1n) is 9.26. The summed E-state index contributed by atoms with van der Waals surface area (Å²) < 4.78 is 10.6. The molecule has 0 atom stereocenters. The average Bonchev–Trinajstić information content (AvgIpc) is 3.34. The summed E-state index contributed by atoms with van der Waals surface area (Å²) in [5.74, 6) is 2.16. The zero-order valence-electron chi connectivity index (χ0n) is 15.7. The number of benzene rings is 1. The molecule has 2 aliphatic rings. The Hall–Kier alpha value is -2.61. The molecule has 28 heavy (non-hydrogen) atoms. The number of urea groups is 1. The molecular weight excluding hydrogens is 378 g/mol. The molecule has 148 valence electrons. The molecule has 0 unspecified atom stereocenters. The zero-order valence-corrected chi connectivity index (χ0v) is 16.5. The lowest BCUT2D eigenvalue weighted by molar-refractivity contribution is -0.132. The number of methoxy groups -OCH3 is 1. The number of rotatable bonds is 4. The summed E-state index contributed by atoms with van der Waals surface area (Å²) in [6.07, 6.45) is 3.13. The fourth-order valence-electron chi connectivity index (χ4n) is 3.72. The van der Waals surface area contributed by atoms with Crippen LogP contribution in [0.15, 0.2) is 47.1 Å². The molecule has 2 fully saturated rings.